The largest absolute Gasteiger partial charge is 0.497 e. The molecular formula is C22H20N2O6. The first-order chi connectivity index (χ1) is 14.6. The molecule has 2 aromatic carbocycles. The van der Waals surface area contributed by atoms with Crippen LogP contribution in [0.4, 0.5) is 5.69 Å². The number of furan rings is 1. The van der Waals surface area contributed by atoms with Gasteiger partial charge in [0.15, 0.2) is 5.76 Å². The Kier molecular flexibility index (Phi) is 6.83. The molecule has 2 N–H and O–H groups in total. The number of carbonyl (C=O) groups is 3. The number of hydrogen-bond donors (Lipinski definition) is 2. The zero-order chi connectivity index (χ0) is 21.3. The van der Waals surface area contributed by atoms with Crippen LogP contribution >= 0.6 is 0 Å². The molecule has 0 fully saturated rings. The monoisotopic (exact) mass is 408 g/mol. The van der Waals surface area contributed by atoms with Crippen LogP contribution in [-0.2, 0) is 14.3 Å². The molecule has 0 radical (unpaired) electrons. The van der Waals surface area contributed by atoms with E-state index in [1.54, 1.807) is 60.7 Å². The fourth-order valence-electron chi connectivity index (χ4n) is 2.63. The second-order valence-electron chi connectivity index (χ2n) is 6.16. The van der Waals surface area contributed by atoms with Crippen molar-refractivity contribution in [2.24, 2.45) is 0 Å². The maximum absolute atomic E-state index is 12.8. The maximum atomic E-state index is 12.8. The third-order valence-electron chi connectivity index (χ3n) is 4.07. The Morgan fingerprint density at radius 3 is 2.50 bits per heavy atom. The number of ether oxygens (including phenoxy) is 2. The summed E-state index contributed by atoms with van der Waals surface area (Å²) < 4.78 is 15.5. The van der Waals surface area contributed by atoms with E-state index in [2.05, 4.69) is 10.6 Å². The summed E-state index contributed by atoms with van der Waals surface area (Å²) >= 11 is 0. The van der Waals surface area contributed by atoms with Gasteiger partial charge in [0.2, 0.25) is 6.10 Å². The van der Waals surface area contributed by atoms with E-state index in [-0.39, 0.29) is 5.76 Å². The minimum atomic E-state index is -1.20. The highest BCUT2D eigenvalue weighted by Crippen LogP contribution is 2.22. The van der Waals surface area contributed by atoms with Gasteiger partial charge in [-0.05, 0) is 24.3 Å². The predicted molar refractivity (Wildman–Crippen MR) is 108 cm³/mol. The third kappa shape index (κ3) is 5.48. The Morgan fingerprint density at radius 2 is 1.80 bits per heavy atom. The fraction of sp³-hybridized carbons (Fsp3) is 0.136. The van der Waals surface area contributed by atoms with Crippen molar-refractivity contribution in [3.05, 3.63) is 84.3 Å². The van der Waals surface area contributed by atoms with Gasteiger partial charge in [0, 0.05) is 17.3 Å². The zero-order valence-corrected chi connectivity index (χ0v) is 16.2. The molecule has 0 saturated carbocycles. The van der Waals surface area contributed by atoms with E-state index >= 15 is 0 Å². The van der Waals surface area contributed by atoms with Gasteiger partial charge in [-0.25, -0.2) is 0 Å². The van der Waals surface area contributed by atoms with Crippen LogP contribution in [0.15, 0.2) is 77.4 Å². The Bertz CT molecular complexity index is 1000. The standard InChI is InChI=1S/C22H20N2O6/c1-28-17-10-5-9-16(13-17)24-22(27)20(15-7-3-2-4-8-15)30-19(25)14-23-21(26)18-11-6-12-29-18/h2-13,20H,14H2,1H3,(H,23,26)(H,24,27)/t20-/m0/s1. The lowest BCUT2D eigenvalue weighted by atomic mass is 10.1. The molecule has 0 saturated heterocycles. The van der Waals surface area contributed by atoms with Crippen molar-refractivity contribution in [3.8, 4) is 5.75 Å². The molecule has 154 valence electrons. The fourth-order valence-corrected chi connectivity index (χ4v) is 2.63. The summed E-state index contributed by atoms with van der Waals surface area (Å²) in [5.41, 5.74) is 0.978. The first-order valence-electron chi connectivity index (χ1n) is 9.08. The van der Waals surface area contributed by atoms with Crippen LogP contribution in [0.3, 0.4) is 0 Å². The lowest BCUT2D eigenvalue weighted by Crippen LogP contribution is -2.33. The van der Waals surface area contributed by atoms with Gasteiger partial charge in [-0.3, -0.25) is 14.4 Å². The van der Waals surface area contributed by atoms with Crippen molar-refractivity contribution in [2.75, 3.05) is 19.0 Å². The summed E-state index contributed by atoms with van der Waals surface area (Å²) in [4.78, 5) is 37.0. The minimum absolute atomic E-state index is 0.0678. The lowest BCUT2D eigenvalue weighted by Gasteiger charge is -2.18. The van der Waals surface area contributed by atoms with Crippen molar-refractivity contribution in [2.45, 2.75) is 6.10 Å². The van der Waals surface area contributed by atoms with Crippen LogP contribution < -0.4 is 15.4 Å². The molecule has 8 heteroatoms. The number of amides is 2. The SMILES string of the molecule is COc1cccc(NC(=O)[C@@H](OC(=O)CNC(=O)c2ccco2)c2ccccc2)c1. The highest BCUT2D eigenvalue weighted by Gasteiger charge is 2.25. The summed E-state index contributed by atoms with van der Waals surface area (Å²) in [7, 11) is 1.52. The van der Waals surface area contributed by atoms with E-state index < -0.39 is 30.4 Å². The molecule has 8 nitrogen and oxygen atoms in total. The second kappa shape index (κ2) is 9.92. The van der Waals surface area contributed by atoms with Gasteiger partial charge in [0.1, 0.15) is 12.3 Å². The third-order valence-corrected chi connectivity index (χ3v) is 4.07. The predicted octanol–water partition coefficient (Wildman–Crippen LogP) is 2.94. The van der Waals surface area contributed by atoms with Crippen LogP contribution in [0.1, 0.15) is 22.2 Å². The Balaban J connectivity index is 1.68. The highest BCUT2D eigenvalue weighted by atomic mass is 16.5. The molecule has 1 heterocycles. The number of nitrogens with one attached hydrogen (secondary N) is 2. The molecule has 0 bridgehead atoms. The summed E-state index contributed by atoms with van der Waals surface area (Å²) in [6, 6.07) is 18.4. The Labute approximate surface area is 172 Å². The quantitative estimate of drug-likeness (QED) is 0.555. The van der Waals surface area contributed by atoms with Gasteiger partial charge in [-0.1, -0.05) is 36.4 Å². The molecule has 3 rings (SSSR count). The topological polar surface area (TPSA) is 107 Å². The number of esters is 1. The van der Waals surface area contributed by atoms with Crippen molar-refractivity contribution >= 4 is 23.5 Å². The number of rotatable bonds is 8. The summed E-state index contributed by atoms with van der Waals surface area (Å²) in [6.45, 7) is -0.421. The van der Waals surface area contributed by atoms with Crippen molar-refractivity contribution < 1.29 is 28.3 Å². The number of carbonyl (C=O) groups excluding carboxylic acids is 3. The minimum Gasteiger partial charge on any atom is -0.497 e. The first-order valence-corrected chi connectivity index (χ1v) is 9.08. The number of benzene rings is 2. The Morgan fingerprint density at radius 1 is 1.00 bits per heavy atom. The molecule has 0 unspecified atom stereocenters. The molecule has 0 aliphatic rings. The molecule has 30 heavy (non-hydrogen) atoms. The molecule has 0 aliphatic carbocycles. The van der Waals surface area contributed by atoms with E-state index in [9.17, 15) is 14.4 Å². The van der Waals surface area contributed by atoms with Crippen LogP contribution in [0, 0.1) is 0 Å². The van der Waals surface area contributed by atoms with Crippen LogP contribution in [0.2, 0.25) is 0 Å². The molecule has 1 atom stereocenters. The Hall–Kier alpha value is -4.07. The van der Waals surface area contributed by atoms with E-state index in [1.807, 2.05) is 0 Å². The van der Waals surface area contributed by atoms with Crippen molar-refractivity contribution in [1.29, 1.82) is 0 Å². The van der Waals surface area contributed by atoms with Crippen molar-refractivity contribution in [3.63, 3.8) is 0 Å². The normalized spacial score (nSPS) is 11.2. The van der Waals surface area contributed by atoms with Gasteiger partial charge >= 0.3 is 5.97 Å². The lowest BCUT2D eigenvalue weighted by molar-refractivity contribution is -0.153. The molecular weight excluding hydrogens is 388 g/mol. The zero-order valence-electron chi connectivity index (χ0n) is 16.2. The molecule has 2 amide bonds. The van der Waals surface area contributed by atoms with Gasteiger partial charge in [-0.15, -0.1) is 0 Å². The van der Waals surface area contributed by atoms with E-state index in [4.69, 9.17) is 13.9 Å². The highest BCUT2D eigenvalue weighted by molar-refractivity contribution is 5.97. The molecule has 0 aliphatic heterocycles. The van der Waals surface area contributed by atoms with Crippen LogP contribution in [-0.4, -0.2) is 31.4 Å². The second-order valence-corrected chi connectivity index (χ2v) is 6.16. The smallest absolute Gasteiger partial charge is 0.326 e. The molecule has 1 aromatic heterocycles. The summed E-state index contributed by atoms with van der Waals surface area (Å²) in [5.74, 6) is -1.24. The number of hydrogen-bond acceptors (Lipinski definition) is 6. The average Bonchev–Trinajstić information content (AvgIpc) is 3.31. The number of methoxy groups -OCH3 is 1. The molecule has 3 aromatic rings. The van der Waals surface area contributed by atoms with E-state index in [0.29, 0.717) is 17.0 Å². The van der Waals surface area contributed by atoms with E-state index in [0.717, 1.165) is 0 Å². The van der Waals surface area contributed by atoms with Gasteiger partial charge < -0.3 is 24.5 Å². The number of anilines is 1. The maximum Gasteiger partial charge on any atom is 0.326 e. The average molecular weight is 408 g/mol. The van der Waals surface area contributed by atoms with Gasteiger partial charge in [0.05, 0.1) is 13.4 Å². The van der Waals surface area contributed by atoms with Crippen molar-refractivity contribution in [1.82, 2.24) is 5.32 Å². The van der Waals surface area contributed by atoms with Crippen LogP contribution in [0.5, 0.6) is 5.75 Å². The van der Waals surface area contributed by atoms with Crippen LogP contribution in [0.25, 0.3) is 0 Å². The van der Waals surface area contributed by atoms with Gasteiger partial charge in [0.25, 0.3) is 11.8 Å². The summed E-state index contributed by atoms with van der Waals surface area (Å²) in [5, 5.41) is 5.10. The first kappa shape index (κ1) is 20.7. The van der Waals surface area contributed by atoms with Gasteiger partial charge in [-0.2, -0.15) is 0 Å². The molecule has 0 spiro atoms. The van der Waals surface area contributed by atoms with E-state index in [1.165, 1.54) is 19.4 Å². The summed E-state index contributed by atoms with van der Waals surface area (Å²) in [6.07, 6.45) is 0.145.